The van der Waals surface area contributed by atoms with Gasteiger partial charge in [-0.05, 0) is 18.1 Å². The van der Waals surface area contributed by atoms with E-state index in [0.717, 1.165) is 38.2 Å². The molecule has 0 spiro atoms. The van der Waals surface area contributed by atoms with Gasteiger partial charge < -0.3 is 5.32 Å². The van der Waals surface area contributed by atoms with Crippen molar-refractivity contribution in [1.82, 2.24) is 10.2 Å². The number of nitrogens with one attached hydrogen (secondary N) is 1. The summed E-state index contributed by atoms with van der Waals surface area (Å²) in [6.07, 6.45) is 1.08. The second kappa shape index (κ2) is 7.33. The number of nitrogens with zero attached hydrogens (tertiary/aromatic N) is 1. The first kappa shape index (κ1) is 16.4. The van der Waals surface area contributed by atoms with E-state index in [-0.39, 0.29) is 6.04 Å². The van der Waals surface area contributed by atoms with Crippen LogP contribution in [-0.2, 0) is 0 Å². The van der Waals surface area contributed by atoms with E-state index in [0.29, 0.717) is 21.0 Å². The zero-order chi connectivity index (χ0) is 14.7. The van der Waals surface area contributed by atoms with Gasteiger partial charge in [-0.1, -0.05) is 55.1 Å². The van der Waals surface area contributed by atoms with E-state index in [1.165, 1.54) is 0 Å². The third-order valence-electron chi connectivity index (χ3n) is 4.10. The Morgan fingerprint density at radius 3 is 2.35 bits per heavy atom. The van der Waals surface area contributed by atoms with E-state index >= 15 is 0 Å². The van der Waals surface area contributed by atoms with Crippen molar-refractivity contribution in [1.29, 1.82) is 0 Å². The van der Waals surface area contributed by atoms with Crippen LogP contribution in [0.4, 0.5) is 0 Å². The first-order valence-corrected chi connectivity index (χ1v) is 8.27. The molecule has 0 radical (unpaired) electrons. The van der Waals surface area contributed by atoms with Crippen molar-refractivity contribution >= 4 is 34.8 Å². The van der Waals surface area contributed by atoms with Gasteiger partial charge in [0.2, 0.25) is 0 Å². The molecule has 2 atom stereocenters. The fraction of sp³-hybridized carbons (Fsp3) is 0.600. The van der Waals surface area contributed by atoms with Crippen LogP contribution in [0, 0.1) is 5.92 Å². The number of hydrogen-bond acceptors (Lipinski definition) is 2. The summed E-state index contributed by atoms with van der Waals surface area (Å²) in [7, 11) is 0. The lowest BCUT2D eigenvalue weighted by atomic mass is 9.90. The van der Waals surface area contributed by atoms with E-state index < -0.39 is 0 Å². The smallest absolute Gasteiger partial charge is 0.0655 e. The van der Waals surface area contributed by atoms with Crippen LogP contribution in [0.1, 0.15) is 31.9 Å². The van der Waals surface area contributed by atoms with Gasteiger partial charge in [0.05, 0.1) is 10.0 Å². The standard InChI is InChI=1S/C15H21Cl3N2/c1-3-10(2)15(20-8-6-19-7-9-20)13-11(16)4-5-12(17)14(13)18/h4-5,10,15,19H,3,6-9H2,1-2H3/t10?,15-/m0/s1. The lowest BCUT2D eigenvalue weighted by molar-refractivity contribution is 0.128. The molecule has 1 aliphatic rings. The van der Waals surface area contributed by atoms with Crippen LogP contribution in [0.2, 0.25) is 15.1 Å². The average molecular weight is 336 g/mol. The molecule has 1 unspecified atom stereocenters. The van der Waals surface area contributed by atoms with E-state index in [1.807, 2.05) is 6.07 Å². The predicted molar refractivity (Wildman–Crippen MR) is 88.1 cm³/mol. The number of benzene rings is 1. The second-order valence-electron chi connectivity index (χ2n) is 5.37. The molecule has 2 rings (SSSR count). The second-order valence-corrected chi connectivity index (χ2v) is 6.57. The van der Waals surface area contributed by atoms with Gasteiger partial charge in [-0.25, -0.2) is 0 Å². The van der Waals surface area contributed by atoms with Crippen molar-refractivity contribution in [2.75, 3.05) is 26.2 Å². The molecular weight excluding hydrogens is 315 g/mol. The van der Waals surface area contributed by atoms with Gasteiger partial charge in [0.25, 0.3) is 0 Å². The molecule has 1 N–H and O–H groups in total. The summed E-state index contributed by atoms with van der Waals surface area (Å²) in [5.74, 6) is 0.474. The molecule has 5 heteroatoms. The van der Waals surface area contributed by atoms with Crippen molar-refractivity contribution in [3.63, 3.8) is 0 Å². The Bertz CT molecular complexity index is 459. The number of rotatable bonds is 4. The van der Waals surface area contributed by atoms with Crippen LogP contribution in [0.15, 0.2) is 12.1 Å². The van der Waals surface area contributed by atoms with Crippen LogP contribution in [0.5, 0.6) is 0 Å². The maximum Gasteiger partial charge on any atom is 0.0655 e. The van der Waals surface area contributed by atoms with E-state index in [4.69, 9.17) is 34.8 Å². The molecule has 1 heterocycles. The molecule has 0 aliphatic carbocycles. The van der Waals surface area contributed by atoms with E-state index in [1.54, 1.807) is 6.07 Å². The zero-order valence-corrected chi connectivity index (χ0v) is 14.2. The van der Waals surface area contributed by atoms with Crippen molar-refractivity contribution in [3.05, 3.63) is 32.8 Å². The molecule has 0 amide bonds. The minimum absolute atomic E-state index is 0.223. The average Bonchev–Trinajstić information content (AvgIpc) is 2.48. The quantitative estimate of drug-likeness (QED) is 0.806. The highest BCUT2D eigenvalue weighted by Crippen LogP contribution is 2.42. The summed E-state index contributed by atoms with van der Waals surface area (Å²) in [6.45, 7) is 8.47. The van der Waals surface area contributed by atoms with Gasteiger partial charge in [0.15, 0.2) is 0 Å². The molecule has 0 bridgehead atoms. The first-order chi connectivity index (χ1) is 9.56. The summed E-state index contributed by atoms with van der Waals surface area (Å²) in [5, 5.41) is 5.27. The van der Waals surface area contributed by atoms with Crippen molar-refractivity contribution in [3.8, 4) is 0 Å². The molecule has 1 aromatic rings. The summed E-state index contributed by atoms with van der Waals surface area (Å²) in [4.78, 5) is 2.47. The molecule has 20 heavy (non-hydrogen) atoms. The Morgan fingerprint density at radius 1 is 1.15 bits per heavy atom. The van der Waals surface area contributed by atoms with Crippen LogP contribution >= 0.6 is 34.8 Å². The first-order valence-electron chi connectivity index (χ1n) is 7.14. The molecule has 112 valence electrons. The lowest BCUT2D eigenvalue weighted by Crippen LogP contribution is -2.46. The Kier molecular flexibility index (Phi) is 6.00. The Balaban J connectivity index is 2.43. The van der Waals surface area contributed by atoms with Gasteiger partial charge in [0, 0.05) is 42.8 Å². The maximum atomic E-state index is 6.45. The third kappa shape index (κ3) is 3.42. The normalized spacial score (nSPS) is 19.9. The highest BCUT2D eigenvalue weighted by Gasteiger charge is 2.30. The number of halogens is 3. The Hall–Kier alpha value is 0.01000. The molecule has 1 fully saturated rings. The van der Waals surface area contributed by atoms with Gasteiger partial charge in [-0.15, -0.1) is 0 Å². The highest BCUT2D eigenvalue weighted by molar-refractivity contribution is 6.44. The van der Waals surface area contributed by atoms with Crippen molar-refractivity contribution < 1.29 is 0 Å². The Morgan fingerprint density at radius 2 is 1.75 bits per heavy atom. The lowest BCUT2D eigenvalue weighted by Gasteiger charge is -2.39. The van der Waals surface area contributed by atoms with Gasteiger partial charge >= 0.3 is 0 Å². The maximum absolute atomic E-state index is 6.45. The van der Waals surface area contributed by atoms with E-state index in [9.17, 15) is 0 Å². The largest absolute Gasteiger partial charge is 0.314 e. The summed E-state index contributed by atoms with van der Waals surface area (Å²) in [5.41, 5.74) is 0.983. The van der Waals surface area contributed by atoms with Gasteiger partial charge in [-0.3, -0.25) is 4.90 Å². The van der Waals surface area contributed by atoms with Crippen LogP contribution in [-0.4, -0.2) is 31.1 Å². The van der Waals surface area contributed by atoms with Crippen molar-refractivity contribution in [2.24, 2.45) is 5.92 Å². The van der Waals surface area contributed by atoms with Gasteiger partial charge in [0.1, 0.15) is 0 Å². The van der Waals surface area contributed by atoms with Gasteiger partial charge in [-0.2, -0.15) is 0 Å². The molecule has 2 nitrogen and oxygen atoms in total. The third-order valence-corrected chi connectivity index (χ3v) is 5.25. The minimum Gasteiger partial charge on any atom is -0.314 e. The predicted octanol–water partition coefficient (Wildman–Crippen LogP) is 4.64. The fourth-order valence-electron chi connectivity index (χ4n) is 2.82. The van der Waals surface area contributed by atoms with E-state index in [2.05, 4.69) is 24.1 Å². The monoisotopic (exact) mass is 334 g/mol. The van der Waals surface area contributed by atoms with Crippen LogP contribution in [0.3, 0.4) is 0 Å². The number of piperazine rings is 1. The molecular formula is C15H21Cl3N2. The molecule has 1 aliphatic heterocycles. The van der Waals surface area contributed by atoms with Crippen LogP contribution < -0.4 is 5.32 Å². The fourth-order valence-corrected chi connectivity index (χ4v) is 3.58. The summed E-state index contributed by atoms with van der Waals surface area (Å²) in [6, 6.07) is 3.84. The summed E-state index contributed by atoms with van der Waals surface area (Å²) >= 11 is 19.1. The highest BCUT2D eigenvalue weighted by atomic mass is 35.5. The Labute approximate surface area is 136 Å². The molecule has 1 saturated heterocycles. The molecule has 1 aromatic carbocycles. The number of hydrogen-bond donors (Lipinski definition) is 1. The molecule has 0 saturated carbocycles. The topological polar surface area (TPSA) is 15.3 Å². The summed E-state index contributed by atoms with van der Waals surface area (Å²) < 4.78 is 0. The van der Waals surface area contributed by atoms with Crippen LogP contribution in [0.25, 0.3) is 0 Å². The van der Waals surface area contributed by atoms with Crippen molar-refractivity contribution in [2.45, 2.75) is 26.3 Å². The molecule has 0 aromatic heterocycles. The SMILES string of the molecule is CCC(C)[C@@H](c1c(Cl)ccc(Cl)c1Cl)N1CCNCC1. The minimum atomic E-state index is 0.223. The zero-order valence-electron chi connectivity index (χ0n) is 11.9.